The van der Waals surface area contributed by atoms with E-state index in [4.69, 9.17) is 10.5 Å². The van der Waals surface area contributed by atoms with Crippen LogP contribution in [0.2, 0.25) is 0 Å². The molecule has 0 aliphatic heterocycles. The number of hydrogen-bond acceptors (Lipinski definition) is 7. The predicted molar refractivity (Wildman–Crippen MR) is 74.1 cm³/mol. The summed E-state index contributed by atoms with van der Waals surface area (Å²) in [5.74, 6) is 1.02. The van der Waals surface area contributed by atoms with Crippen molar-refractivity contribution in [3.05, 3.63) is 30.1 Å². The number of aryl methyl sites for hydroxylation is 2. The molecule has 0 spiro atoms. The molecular weight excluding hydrogens is 272 g/mol. The molecule has 108 valence electrons. The third-order valence-corrected chi connectivity index (χ3v) is 2.99. The van der Waals surface area contributed by atoms with Crippen LogP contribution in [0.3, 0.4) is 0 Å². The summed E-state index contributed by atoms with van der Waals surface area (Å²) in [4.78, 5) is 16.2. The van der Waals surface area contributed by atoms with Crippen LogP contribution in [-0.2, 0) is 7.05 Å². The molecular formula is C12H14N8O. The zero-order valence-corrected chi connectivity index (χ0v) is 11.8. The van der Waals surface area contributed by atoms with E-state index in [-0.39, 0.29) is 12.0 Å². The number of ether oxygens (including phenoxy) is 1. The number of nitrogens with zero attached hydrogens (tertiary/aromatic N) is 7. The Morgan fingerprint density at radius 1 is 1.19 bits per heavy atom. The highest BCUT2D eigenvalue weighted by atomic mass is 16.5. The topological polar surface area (TPSA) is 110 Å². The fourth-order valence-corrected chi connectivity index (χ4v) is 1.89. The van der Waals surface area contributed by atoms with Crippen molar-refractivity contribution in [2.75, 3.05) is 5.73 Å². The van der Waals surface area contributed by atoms with E-state index in [0.717, 1.165) is 11.4 Å². The summed E-state index contributed by atoms with van der Waals surface area (Å²) in [5.41, 5.74) is 7.32. The van der Waals surface area contributed by atoms with Crippen molar-refractivity contribution in [2.45, 2.75) is 13.8 Å². The molecule has 0 aromatic carbocycles. The molecule has 3 heterocycles. The van der Waals surface area contributed by atoms with Gasteiger partial charge in [0.15, 0.2) is 5.75 Å². The second-order valence-electron chi connectivity index (χ2n) is 4.47. The minimum absolute atomic E-state index is 0.0721. The van der Waals surface area contributed by atoms with Crippen molar-refractivity contribution in [1.82, 2.24) is 34.3 Å². The smallest absolute Gasteiger partial charge is 0.328 e. The number of rotatable bonds is 3. The molecule has 0 saturated heterocycles. The molecule has 0 radical (unpaired) electrons. The molecule has 9 heteroatoms. The van der Waals surface area contributed by atoms with Gasteiger partial charge in [-0.25, -0.2) is 4.98 Å². The highest BCUT2D eigenvalue weighted by molar-refractivity contribution is 5.35. The molecule has 0 bridgehead atoms. The van der Waals surface area contributed by atoms with E-state index in [1.54, 1.807) is 28.0 Å². The predicted octanol–water partition coefficient (Wildman–Crippen LogP) is 0.782. The Balaban J connectivity index is 1.99. The summed E-state index contributed by atoms with van der Waals surface area (Å²) in [7, 11) is 1.84. The Kier molecular flexibility index (Phi) is 3.01. The van der Waals surface area contributed by atoms with Crippen molar-refractivity contribution >= 4 is 5.95 Å². The minimum Gasteiger partial charge on any atom is -0.420 e. The summed E-state index contributed by atoms with van der Waals surface area (Å²) in [5, 5.41) is 4.28. The molecule has 9 nitrogen and oxygen atoms in total. The van der Waals surface area contributed by atoms with Gasteiger partial charge in [-0.2, -0.15) is 20.1 Å². The van der Waals surface area contributed by atoms with Crippen LogP contribution in [0.4, 0.5) is 5.95 Å². The molecule has 0 fully saturated rings. The molecule has 0 amide bonds. The number of anilines is 1. The maximum atomic E-state index is 5.72. The van der Waals surface area contributed by atoms with Crippen LogP contribution >= 0.6 is 0 Å². The summed E-state index contributed by atoms with van der Waals surface area (Å²) >= 11 is 0. The number of nitrogens with two attached hydrogens (primary N) is 1. The van der Waals surface area contributed by atoms with Gasteiger partial charge < -0.3 is 10.5 Å². The fourth-order valence-electron chi connectivity index (χ4n) is 1.89. The third-order valence-electron chi connectivity index (χ3n) is 2.99. The second-order valence-corrected chi connectivity index (χ2v) is 4.47. The number of hydrogen-bond donors (Lipinski definition) is 1. The van der Waals surface area contributed by atoms with E-state index in [0.29, 0.717) is 11.7 Å². The average molecular weight is 286 g/mol. The van der Waals surface area contributed by atoms with E-state index < -0.39 is 0 Å². The van der Waals surface area contributed by atoms with E-state index in [2.05, 4.69) is 25.0 Å². The largest absolute Gasteiger partial charge is 0.420 e. The second kappa shape index (κ2) is 4.85. The van der Waals surface area contributed by atoms with Crippen LogP contribution < -0.4 is 10.5 Å². The molecule has 21 heavy (non-hydrogen) atoms. The van der Waals surface area contributed by atoms with Crippen LogP contribution in [0.25, 0.3) is 5.95 Å². The molecule has 3 aromatic heterocycles. The Hall–Kier alpha value is -2.97. The van der Waals surface area contributed by atoms with Crippen LogP contribution in [0.1, 0.15) is 11.4 Å². The van der Waals surface area contributed by atoms with Crippen LogP contribution in [0.15, 0.2) is 18.7 Å². The van der Waals surface area contributed by atoms with Crippen LogP contribution in [-0.4, -0.2) is 34.3 Å². The zero-order chi connectivity index (χ0) is 15.0. The molecule has 0 aliphatic rings. The van der Waals surface area contributed by atoms with E-state index in [9.17, 15) is 0 Å². The third kappa shape index (κ3) is 2.40. The van der Waals surface area contributed by atoms with Gasteiger partial charge in [0.2, 0.25) is 11.9 Å². The maximum absolute atomic E-state index is 5.72. The molecule has 0 atom stereocenters. The number of aromatic nitrogens is 7. The Morgan fingerprint density at radius 3 is 2.62 bits per heavy atom. The standard InChI is InChI=1S/C12H14N8O/c1-7-9(8(2)19(3)18-7)21-12-16-10(13)15-11(17-12)20-5-4-14-6-20/h4-6H,1-3H3,(H2,13,15,16,17). The van der Waals surface area contributed by atoms with Gasteiger partial charge in [0.05, 0.1) is 5.69 Å². The van der Waals surface area contributed by atoms with Gasteiger partial charge >= 0.3 is 6.01 Å². The molecule has 0 saturated carbocycles. The molecule has 0 aliphatic carbocycles. The maximum Gasteiger partial charge on any atom is 0.328 e. The minimum atomic E-state index is 0.0721. The summed E-state index contributed by atoms with van der Waals surface area (Å²) in [6, 6.07) is 0.116. The van der Waals surface area contributed by atoms with Gasteiger partial charge in [-0.1, -0.05) is 0 Å². The monoisotopic (exact) mass is 286 g/mol. The quantitative estimate of drug-likeness (QED) is 0.757. The van der Waals surface area contributed by atoms with Gasteiger partial charge in [0.25, 0.3) is 0 Å². The highest BCUT2D eigenvalue weighted by Gasteiger charge is 2.15. The lowest BCUT2D eigenvalue weighted by Gasteiger charge is -2.06. The van der Waals surface area contributed by atoms with Crippen molar-refractivity contribution in [3.63, 3.8) is 0 Å². The van der Waals surface area contributed by atoms with E-state index >= 15 is 0 Å². The molecule has 2 N–H and O–H groups in total. The summed E-state index contributed by atoms with van der Waals surface area (Å²) in [6.07, 6.45) is 4.90. The van der Waals surface area contributed by atoms with Crippen molar-refractivity contribution in [1.29, 1.82) is 0 Å². The number of imidazole rings is 1. The van der Waals surface area contributed by atoms with Gasteiger partial charge in [0.1, 0.15) is 12.0 Å². The van der Waals surface area contributed by atoms with Crippen LogP contribution in [0, 0.1) is 13.8 Å². The first-order chi connectivity index (χ1) is 10.0. The van der Waals surface area contributed by atoms with E-state index in [1.807, 2.05) is 20.9 Å². The average Bonchev–Trinajstić information content (AvgIpc) is 3.04. The lowest BCUT2D eigenvalue weighted by atomic mass is 10.3. The summed E-state index contributed by atoms with van der Waals surface area (Å²) in [6.45, 7) is 3.75. The normalized spacial score (nSPS) is 10.8. The Labute approximate surface area is 120 Å². The van der Waals surface area contributed by atoms with E-state index in [1.165, 1.54) is 0 Å². The highest BCUT2D eigenvalue weighted by Crippen LogP contribution is 2.26. The fraction of sp³-hybridized carbons (Fsp3) is 0.250. The lowest BCUT2D eigenvalue weighted by molar-refractivity contribution is 0.432. The first kappa shape index (κ1) is 13.0. The van der Waals surface area contributed by atoms with Gasteiger partial charge in [-0.15, -0.1) is 0 Å². The first-order valence-electron chi connectivity index (χ1n) is 6.22. The van der Waals surface area contributed by atoms with Crippen molar-refractivity contribution in [3.8, 4) is 17.7 Å². The Bertz CT molecular complexity index is 777. The molecule has 3 rings (SSSR count). The van der Waals surface area contributed by atoms with Crippen LogP contribution in [0.5, 0.6) is 11.8 Å². The summed E-state index contributed by atoms with van der Waals surface area (Å²) < 4.78 is 9.07. The Morgan fingerprint density at radius 2 is 2.00 bits per heavy atom. The van der Waals surface area contributed by atoms with Gasteiger partial charge in [0, 0.05) is 19.4 Å². The molecule has 0 unspecified atom stereocenters. The SMILES string of the molecule is Cc1nn(C)c(C)c1Oc1nc(N)nc(-n2ccnc2)n1. The van der Waals surface area contributed by atoms with Crippen molar-refractivity contribution < 1.29 is 4.74 Å². The molecule has 3 aromatic rings. The lowest BCUT2D eigenvalue weighted by Crippen LogP contribution is -2.06. The van der Waals surface area contributed by atoms with Gasteiger partial charge in [-0.05, 0) is 13.8 Å². The number of nitrogen functional groups attached to an aromatic ring is 1. The van der Waals surface area contributed by atoms with Crippen molar-refractivity contribution in [2.24, 2.45) is 7.05 Å². The first-order valence-corrected chi connectivity index (χ1v) is 6.22. The van der Waals surface area contributed by atoms with Gasteiger partial charge in [-0.3, -0.25) is 9.25 Å². The zero-order valence-electron chi connectivity index (χ0n) is 11.8.